The molecule has 3 fully saturated rings. The lowest BCUT2D eigenvalue weighted by molar-refractivity contribution is -0.137. The fourth-order valence-electron chi connectivity index (χ4n) is 6.28. The average molecular weight is 599 g/mol. The molecule has 6 rings (SSSR count). The second-order valence-corrected chi connectivity index (χ2v) is 11.3. The lowest BCUT2D eigenvalue weighted by Crippen LogP contribution is -2.44. The van der Waals surface area contributed by atoms with Crippen molar-refractivity contribution in [1.82, 2.24) is 19.9 Å². The summed E-state index contributed by atoms with van der Waals surface area (Å²) in [6.45, 7) is 4.32. The second kappa shape index (κ2) is 10.4. The number of nitrogens with two attached hydrogens (primary N) is 1. The number of hydrogen-bond donors (Lipinski definition) is 1. The molecule has 3 atom stereocenters. The molecule has 220 valence electrons. The molecule has 0 amide bonds. The van der Waals surface area contributed by atoms with Gasteiger partial charge in [0, 0.05) is 43.5 Å². The third-order valence-electron chi connectivity index (χ3n) is 8.07. The number of ether oxygens (including phenoxy) is 2. The van der Waals surface area contributed by atoms with Gasteiger partial charge in [0.1, 0.15) is 29.8 Å². The number of pyridine rings is 1. The van der Waals surface area contributed by atoms with Crippen LogP contribution in [-0.2, 0) is 10.9 Å². The van der Waals surface area contributed by atoms with Crippen LogP contribution in [-0.4, -0.2) is 77.1 Å². The Balaban J connectivity index is 1.47. The first-order valence-electron chi connectivity index (χ1n) is 13.4. The minimum Gasteiger partial charge on any atom is -0.461 e. The summed E-state index contributed by atoms with van der Waals surface area (Å²) >= 11 is 5.92. The Morgan fingerprint density at radius 2 is 2.02 bits per heavy atom. The summed E-state index contributed by atoms with van der Waals surface area (Å²) in [7, 11) is 0. The van der Waals surface area contributed by atoms with Gasteiger partial charge in [0.05, 0.1) is 34.2 Å². The maximum Gasteiger partial charge on any atom is 0.418 e. The van der Waals surface area contributed by atoms with Gasteiger partial charge in [-0.05, 0) is 38.4 Å². The molecule has 3 aliphatic rings. The molecular weight excluding hydrogens is 571 g/mol. The molecule has 0 radical (unpaired) electrons. The average Bonchev–Trinajstić information content (AvgIpc) is 3.42. The van der Waals surface area contributed by atoms with Gasteiger partial charge in [-0.15, -0.1) is 0 Å². The second-order valence-electron chi connectivity index (χ2n) is 10.9. The van der Waals surface area contributed by atoms with Gasteiger partial charge in [0.2, 0.25) is 0 Å². The van der Waals surface area contributed by atoms with E-state index in [9.17, 15) is 17.6 Å². The van der Waals surface area contributed by atoms with Crippen molar-refractivity contribution in [3.05, 3.63) is 34.7 Å². The van der Waals surface area contributed by atoms with Crippen LogP contribution in [0.2, 0.25) is 5.02 Å². The van der Waals surface area contributed by atoms with Crippen LogP contribution in [0.1, 0.15) is 31.7 Å². The Bertz CT molecular complexity index is 1490. The highest BCUT2D eigenvalue weighted by atomic mass is 35.5. The number of morpholine rings is 1. The van der Waals surface area contributed by atoms with Crippen molar-refractivity contribution in [2.75, 3.05) is 50.0 Å². The molecule has 1 unspecified atom stereocenters. The van der Waals surface area contributed by atoms with Crippen molar-refractivity contribution in [1.29, 1.82) is 0 Å². The lowest BCUT2D eigenvalue weighted by Gasteiger charge is -2.33. The van der Waals surface area contributed by atoms with Gasteiger partial charge in [0.25, 0.3) is 0 Å². The summed E-state index contributed by atoms with van der Waals surface area (Å²) in [4.78, 5) is 16.9. The van der Waals surface area contributed by atoms with Crippen molar-refractivity contribution in [3.63, 3.8) is 0 Å². The van der Waals surface area contributed by atoms with E-state index in [1.54, 1.807) is 0 Å². The summed E-state index contributed by atoms with van der Waals surface area (Å²) < 4.78 is 84.2. The number of nitrogen functional groups attached to an aromatic ring is 1. The molecule has 5 heterocycles. The molecule has 3 aliphatic heterocycles. The van der Waals surface area contributed by atoms with Crippen molar-refractivity contribution >= 4 is 34.0 Å². The highest BCUT2D eigenvalue weighted by Crippen LogP contribution is 2.44. The molecule has 0 spiro atoms. The van der Waals surface area contributed by atoms with Crippen LogP contribution < -0.4 is 15.4 Å². The zero-order valence-electron chi connectivity index (χ0n) is 22.1. The van der Waals surface area contributed by atoms with Gasteiger partial charge in [-0.1, -0.05) is 11.6 Å². The smallest absolute Gasteiger partial charge is 0.418 e. The Morgan fingerprint density at radius 3 is 2.78 bits per heavy atom. The van der Waals surface area contributed by atoms with E-state index in [4.69, 9.17) is 26.8 Å². The van der Waals surface area contributed by atoms with E-state index in [1.165, 1.54) is 6.20 Å². The summed E-state index contributed by atoms with van der Waals surface area (Å²) in [6, 6.07) is 1.78. The standard InChI is InChI=1S/C27H28ClF5N6O2/c1-14-11-38(5-6-40-14)24-18-10-35-22(17-7-16(34)8-19(28)20(17)27(31,32)33)21(30)23(18)36-25(37-24)41-13-26-3-2-4-39(26)12-15(29)9-26/h7-8,10,14-15H,2-6,9,11-13,34H2,1H3/t14?,15-,26+/m1/s1. The molecule has 2 N–H and O–H groups in total. The Kier molecular flexibility index (Phi) is 7.10. The van der Waals surface area contributed by atoms with Gasteiger partial charge in [-0.2, -0.15) is 23.1 Å². The predicted molar refractivity (Wildman–Crippen MR) is 143 cm³/mol. The first-order chi connectivity index (χ1) is 19.4. The van der Waals surface area contributed by atoms with Gasteiger partial charge in [-0.3, -0.25) is 9.88 Å². The number of rotatable bonds is 5. The third-order valence-corrected chi connectivity index (χ3v) is 8.36. The lowest BCUT2D eigenvalue weighted by atomic mass is 9.95. The van der Waals surface area contributed by atoms with E-state index in [0.29, 0.717) is 38.5 Å². The Morgan fingerprint density at radius 1 is 1.22 bits per heavy atom. The molecule has 0 aliphatic carbocycles. The van der Waals surface area contributed by atoms with Crippen molar-refractivity contribution in [3.8, 4) is 17.3 Å². The summed E-state index contributed by atoms with van der Waals surface area (Å²) in [5.41, 5.74) is 2.45. The van der Waals surface area contributed by atoms with Gasteiger partial charge < -0.3 is 20.1 Å². The predicted octanol–water partition coefficient (Wildman–Crippen LogP) is 5.27. The summed E-state index contributed by atoms with van der Waals surface area (Å²) in [6.07, 6.45) is -2.82. The highest BCUT2D eigenvalue weighted by molar-refractivity contribution is 6.32. The molecule has 1 aromatic carbocycles. The van der Waals surface area contributed by atoms with Gasteiger partial charge in [0.15, 0.2) is 5.82 Å². The van der Waals surface area contributed by atoms with E-state index in [0.717, 1.165) is 31.5 Å². The van der Waals surface area contributed by atoms with E-state index in [-0.39, 0.29) is 35.3 Å². The van der Waals surface area contributed by atoms with Crippen molar-refractivity contribution in [2.24, 2.45) is 0 Å². The number of benzene rings is 1. The van der Waals surface area contributed by atoms with Crippen LogP contribution >= 0.6 is 11.6 Å². The highest BCUT2D eigenvalue weighted by Gasteiger charge is 2.49. The van der Waals surface area contributed by atoms with Crippen LogP contribution in [0.4, 0.5) is 33.5 Å². The number of alkyl halides is 4. The summed E-state index contributed by atoms with van der Waals surface area (Å²) in [5, 5.41) is -0.479. The number of nitrogens with zero attached hydrogens (tertiary/aromatic N) is 5. The molecule has 41 heavy (non-hydrogen) atoms. The maximum absolute atomic E-state index is 16.2. The van der Waals surface area contributed by atoms with Crippen molar-refractivity contribution < 1.29 is 31.4 Å². The maximum atomic E-state index is 16.2. The van der Waals surface area contributed by atoms with Crippen molar-refractivity contribution in [2.45, 2.75) is 50.2 Å². The van der Waals surface area contributed by atoms with Crippen LogP contribution in [0, 0.1) is 5.82 Å². The quantitative estimate of drug-likeness (QED) is 0.314. The monoisotopic (exact) mass is 598 g/mol. The molecule has 2 aromatic heterocycles. The minimum absolute atomic E-state index is 0.0860. The van der Waals surface area contributed by atoms with Crippen LogP contribution in [0.25, 0.3) is 22.2 Å². The number of hydrogen-bond acceptors (Lipinski definition) is 8. The SMILES string of the molecule is CC1CN(c2nc(OC[C@@]34CCCN3C[C@H](F)C4)nc3c(F)c(-c4cc(N)cc(Cl)c4C(F)(F)F)ncc23)CCO1. The number of anilines is 2. The van der Waals surface area contributed by atoms with E-state index in [2.05, 4.69) is 19.9 Å². The molecule has 3 saturated heterocycles. The number of aromatic nitrogens is 3. The van der Waals surface area contributed by atoms with Crippen LogP contribution in [0.15, 0.2) is 18.3 Å². The van der Waals surface area contributed by atoms with E-state index < -0.39 is 45.5 Å². The zero-order valence-corrected chi connectivity index (χ0v) is 22.9. The zero-order chi connectivity index (χ0) is 29.1. The fourth-order valence-corrected chi connectivity index (χ4v) is 6.61. The summed E-state index contributed by atoms with van der Waals surface area (Å²) in [5.74, 6) is -0.787. The molecular formula is C27H28ClF5N6O2. The first kappa shape index (κ1) is 28.1. The third kappa shape index (κ3) is 5.12. The fraction of sp³-hybridized carbons (Fsp3) is 0.519. The molecule has 8 nitrogen and oxygen atoms in total. The van der Waals surface area contributed by atoms with Crippen LogP contribution in [0.3, 0.4) is 0 Å². The Hall–Kier alpha value is -3.03. The van der Waals surface area contributed by atoms with E-state index >= 15 is 4.39 Å². The first-order valence-corrected chi connectivity index (χ1v) is 13.7. The molecule has 0 bridgehead atoms. The Labute approximate surface area is 237 Å². The van der Waals surface area contributed by atoms with E-state index in [1.807, 2.05) is 11.8 Å². The van der Waals surface area contributed by atoms with Crippen LogP contribution in [0.5, 0.6) is 6.01 Å². The topological polar surface area (TPSA) is 89.6 Å². The number of halogens is 6. The molecule has 14 heteroatoms. The number of fused-ring (bicyclic) bond motifs is 2. The normalized spacial score (nSPS) is 25.2. The largest absolute Gasteiger partial charge is 0.461 e. The minimum atomic E-state index is -4.90. The molecule has 0 saturated carbocycles. The molecule has 3 aromatic rings. The van der Waals surface area contributed by atoms with Gasteiger partial charge >= 0.3 is 12.2 Å². The van der Waals surface area contributed by atoms with Gasteiger partial charge in [-0.25, -0.2) is 8.78 Å².